The summed E-state index contributed by atoms with van der Waals surface area (Å²) in [7, 11) is 0. The Labute approximate surface area is 148 Å². The van der Waals surface area contributed by atoms with Crippen molar-refractivity contribution in [3.8, 4) is 11.5 Å². The fraction of sp³-hybridized carbons (Fsp3) is 0.176. The first-order valence-electron chi connectivity index (χ1n) is 7.22. The van der Waals surface area contributed by atoms with Gasteiger partial charge in [-0.15, -0.1) is 0 Å². The van der Waals surface area contributed by atoms with E-state index in [1.807, 2.05) is 24.3 Å². The van der Waals surface area contributed by atoms with E-state index in [1.54, 1.807) is 24.3 Å². The van der Waals surface area contributed by atoms with E-state index in [4.69, 9.17) is 15.2 Å². The number of hydrogen-bond donors (Lipinski definition) is 2. The molecule has 0 unspecified atom stereocenters. The Morgan fingerprint density at radius 1 is 1.00 bits per heavy atom. The van der Waals surface area contributed by atoms with Crippen LogP contribution in [0.1, 0.15) is 10.4 Å². The highest BCUT2D eigenvalue weighted by Gasteiger charge is 2.07. The summed E-state index contributed by atoms with van der Waals surface area (Å²) in [5.41, 5.74) is 5.38. The van der Waals surface area contributed by atoms with E-state index in [-0.39, 0.29) is 12.5 Å². The molecule has 0 heterocycles. The molecule has 0 saturated heterocycles. The number of rotatable bonds is 8. The molecule has 3 N–H and O–H groups in total. The van der Waals surface area contributed by atoms with Crippen molar-refractivity contribution in [1.82, 2.24) is 5.32 Å². The maximum absolute atomic E-state index is 11.8. The fourth-order valence-electron chi connectivity index (χ4n) is 1.87. The van der Waals surface area contributed by atoms with Crippen LogP contribution in [0.4, 0.5) is 0 Å². The average Bonchev–Trinajstić information content (AvgIpc) is 2.57. The van der Waals surface area contributed by atoms with Crippen LogP contribution in [0.15, 0.2) is 53.0 Å². The molecule has 0 saturated carbocycles. The average molecular weight is 393 g/mol. The molecule has 2 aromatic rings. The first-order valence-corrected chi connectivity index (χ1v) is 8.01. The Morgan fingerprint density at radius 2 is 1.62 bits per heavy atom. The van der Waals surface area contributed by atoms with Gasteiger partial charge < -0.3 is 20.5 Å². The maximum Gasteiger partial charge on any atom is 0.251 e. The number of nitrogens with one attached hydrogen (secondary N) is 1. The van der Waals surface area contributed by atoms with E-state index in [0.29, 0.717) is 24.5 Å². The van der Waals surface area contributed by atoms with E-state index in [2.05, 4.69) is 21.2 Å². The van der Waals surface area contributed by atoms with Crippen LogP contribution in [0, 0.1) is 0 Å². The lowest BCUT2D eigenvalue weighted by molar-refractivity contribution is -0.117. The minimum absolute atomic E-state index is 0.204. The van der Waals surface area contributed by atoms with Crippen molar-refractivity contribution in [2.75, 3.05) is 19.8 Å². The van der Waals surface area contributed by atoms with Crippen LogP contribution >= 0.6 is 15.9 Å². The predicted octanol–water partition coefficient (Wildman–Crippen LogP) is 2.12. The van der Waals surface area contributed by atoms with Gasteiger partial charge in [0.15, 0.2) is 0 Å². The molecule has 0 fully saturated rings. The van der Waals surface area contributed by atoms with Crippen LogP contribution in [0.2, 0.25) is 0 Å². The Balaban J connectivity index is 1.81. The summed E-state index contributed by atoms with van der Waals surface area (Å²) in [5.74, 6) is 0.303. The molecule has 2 aromatic carbocycles. The van der Waals surface area contributed by atoms with Gasteiger partial charge in [0.25, 0.3) is 5.91 Å². The molecular formula is C17H17BrN2O4. The number of ether oxygens (including phenoxy) is 2. The molecule has 7 heteroatoms. The molecular weight excluding hydrogens is 376 g/mol. The first kappa shape index (κ1) is 17.8. The predicted molar refractivity (Wildman–Crippen MR) is 93.1 cm³/mol. The molecule has 0 spiro atoms. The van der Waals surface area contributed by atoms with Gasteiger partial charge in [-0.05, 0) is 36.4 Å². The van der Waals surface area contributed by atoms with E-state index < -0.39 is 5.91 Å². The number of amides is 2. The summed E-state index contributed by atoms with van der Waals surface area (Å²) in [6, 6.07) is 14.2. The van der Waals surface area contributed by atoms with Crippen molar-refractivity contribution in [2.45, 2.75) is 0 Å². The third kappa shape index (κ3) is 5.92. The topological polar surface area (TPSA) is 90.7 Å². The molecule has 2 amide bonds. The molecule has 0 aliphatic carbocycles. The van der Waals surface area contributed by atoms with Crippen molar-refractivity contribution in [3.63, 3.8) is 0 Å². The summed E-state index contributed by atoms with van der Waals surface area (Å²) < 4.78 is 12.1. The van der Waals surface area contributed by atoms with Crippen molar-refractivity contribution in [2.24, 2.45) is 5.73 Å². The minimum atomic E-state index is -0.597. The number of carbonyl (C=O) groups excluding carboxylic acids is 2. The van der Waals surface area contributed by atoms with Gasteiger partial charge in [-0.2, -0.15) is 0 Å². The van der Waals surface area contributed by atoms with Gasteiger partial charge in [0.1, 0.15) is 24.7 Å². The molecule has 0 aliphatic heterocycles. The van der Waals surface area contributed by atoms with Gasteiger partial charge in [0.2, 0.25) is 5.91 Å². The van der Waals surface area contributed by atoms with E-state index in [1.165, 1.54) is 0 Å². The Morgan fingerprint density at radius 3 is 2.25 bits per heavy atom. The number of halogens is 1. The summed E-state index contributed by atoms with van der Waals surface area (Å²) in [4.78, 5) is 22.5. The molecule has 6 nitrogen and oxygen atoms in total. The summed E-state index contributed by atoms with van der Waals surface area (Å²) in [6.45, 7) is 0.498. The SMILES string of the molecule is NC(=O)CNC(=O)c1cccc(OCCOc2cccc(Br)c2)c1. The van der Waals surface area contributed by atoms with Gasteiger partial charge >= 0.3 is 0 Å². The molecule has 0 bridgehead atoms. The lowest BCUT2D eigenvalue weighted by Crippen LogP contribution is -2.33. The maximum atomic E-state index is 11.8. The zero-order valence-electron chi connectivity index (χ0n) is 12.8. The smallest absolute Gasteiger partial charge is 0.251 e. The lowest BCUT2D eigenvalue weighted by atomic mass is 10.2. The largest absolute Gasteiger partial charge is 0.490 e. The van der Waals surface area contributed by atoms with Gasteiger partial charge in [-0.1, -0.05) is 28.1 Å². The number of carbonyl (C=O) groups is 2. The number of primary amides is 1. The standard InChI is InChI=1S/C17H17BrN2O4/c18-13-4-2-6-15(10-13)24-8-7-23-14-5-1-3-12(9-14)17(22)20-11-16(19)21/h1-6,9-10H,7-8,11H2,(H2,19,21)(H,20,22). The van der Waals surface area contributed by atoms with Gasteiger partial charge in [0.05, 0.1) is 6.54 Å². The molecule has 0 radical (unpaired) electrons. The highest BCUT2D eigenvalue weighted by atomic mass is 79.9. The summed E-state index contributed by atoms with van der Waals surface area (Å²) in [6.07, 6.45) is 0. The first-order chi connectivity index (χ1) is 11.5. The molecule has 126 valence electrons. The molecule has 0 aliphatic rings. The lowest BCUT2D eigenvalue weighted by Gasteiger charge is -2.10. The molecule has 2 rings (SSSR count). The van der Waals surface area contributed by atoms with Gasteiger partial charge in [0, 0.05) is 10.0 Å². The van der Waals surface area contributed by atoms with Gasteiger partial charge in [-0.3, -0.25) is 9.59 Å². The third-order valence-electron chi connectivity index (χ3n) is 2.94. The second-order valence-corrected chi connectivity index (χ2v) is 5.75. The number of benzene rings is 2. The van der Waals surface area contributed by atoms with Crippen molar-refractivity contribution in [3.05, 3.63) is 58.6 Å². The number of nitrogens with two attached hydrogens (primary N) is 1. The third-order valence-corrected chi connectivity index (χ3v) is 3.43. The zero-order valence-corrected chi connectivity index (χ0v) is 14.4. The Bertz CT molecular complexity index is 721. The van der Waals surface area contributed by atoms with E-state index in [0.717, 1.165) is 10.2 Å². The zero-order chi connectivity index (χ0) is 17.4. The van der Waals surface area contributed by atoms with Crippen LogP contribution in [0.25, 0.3) is 0 Å². The van der Waals surface area contributed by atoms with Crippen molar-refractivity contribution < 1.29 is 19.1 Å². The van der Waals surface area contributed by atoms with Crippen LogP contribution in [0.5, 0.6) is 11.5 Å². The quantitative estimate of drug-likeness (QED) is 0.673. The molecule has 24 heavy (non-hydrogen) atoms. The summed E-state index contributed by atoms with van der Waals surface area (Å²) in [5, 5.41) is 2.42. The Kier molecular flexibility index (Phi) is 6.62. The van der Waals surface area contributed by atoms with Crippen LogP contribution < -0.4 is 20.5 Å². The highest BCUT2D eigenvalue weighted by molar-refractivity contribution is 9.10. The van der Waals surface area contributed by atoms with Crippen LogP contribution in [-0.2, 0) is 4.79 Å². The second-order valence-electron chi connectivity index (χ2n) is 4.83. The normalized spacial score (nSPS) is 10.0. The molecule has 0 aromatic heterocycles. The molecule has 0 atom stereocenters. The Hall–Kier alpha value is -2.54. The van der Waals surface area contributed by atoms with E-state index in [9.17, 15) is 9.59 Å². The second kappa shape index (κ2) is 8.93. The number of hydrogen-bond acceptors (Lipinski definition) is 4. The summed E-state index contributed by atoms with van der Waals surface area (Å²) >= 11 is 3.37. The highest BCUT2D eigenvalue weighted by Crippen LogP contribution is 2.18. The monoisotopic (exact) mass is 392 g/mol. The van der Waals surface area contributed by atoms with Crippen LogP contribution in [0.3, 0.4) is 0 Å². The van der Waals surface area contributed by atoms with Crippen LogP contribution in [-0.4, -0.2) is 31.6 Å². The van der Waals surface area contributed by atoms with Crippen molar-refractivity contribution in [1.29, 1.82) is 0 Å². The van der Waals surface area contributed by atoms with Crippen molar-refractivity contribution >= 4 is 27.7 Å². The minimum Gasteiger partial charge on any atom is -0.490 e. The van der Waals surface area contributed by atoms with E-state index >= 15 is 0 Å². The fourth-order valence-corrected chi connectivity index (χ4v) is 2.25. The van der Waals surface area contributed by atoms with Gasteiger partial charge in [-0.25, -0.2) is 0 Å².